The Morgan fingerprint density at radius 3 is 1.78 bits per heavy atom. The minimum atomic E-state index is -1.46. The lowest BCUT2D eigenvalue weighted by atomic mass is 10.2. The largest absolute Gasteiger partial charge is 0.463 e. The summed E-state index contributed by atoms with van der Waals surface area (Å²) in [7, 11) is -1.46. The van der Waals surface area contributed by atoms with Gasteiger partial charge in [0.1, 0.15) is 11.5 Å². The molecule has 0 atom stereocenters. The minimum absolute atomic E-state index is 0.650. The van der Waals surface area contributed by atoms with Gasteiger partial charge >= 0.3 is 8.60 Å². The van der Waals surface area contributed by atoms with E-state index in [0.717, 1.165) is 35.5 Å². The molecule has 0 aliphatic heterocycles. The number of hydrogen-bond acceptors (Lipinski definition) is 3. The highest BCUT2D eigenvalue weighted by molar-refractivity contribution is 7.42. The molecule has 0 unspecified atom stereocenters. The molecule has 0 saturated carbocycles. The molecule has 3 nitrogen and oxygen atoms in total. The number of para-hydroxylation sites is 2. The van der Waals surface area contributed by atoms with Crippen molar-refractivity contribution in [3.8, 4) is 11.5 Å². The highest BCUT2D eigenvalue weighted by Crippen LogP contribution is 2.43. The Bertz CT molecular complexity index is 553. The first-order valence-electron chi connectivity index (χ1n) is 8.11. The van der Waals surface area contributed by atoms with Crippen molar-refractivity contribution in [2.45, 2.75) is 40.0 Å². The molecule has 23 heavy (non-hydrogen) atoms. The Hall–Kier alpha value is -1.57. The smallest absolute Gasteiger partial charge is 0.417 e. The van der Waals surface area contributed by atoms with Crippen molar-refractivity contribution < 1.29 is 13.6 Å². The summed E-state index contributed by atoms with van der Waals surface area (Å²) in [5.74, 6) is 1.62. The molecule has 2 aromatic rings. The standard InChI is InChI=1S/C19H25O3P/c1-4-5-10-15-20-23(21-18-13-8-6-11-16(18)2)22-19-14-9-7-12-17(19)3/h6-9,11-14H,4-5,10,15H2,1-3H3. The number of aryl methyl sites for hydroxylation is 2. The summed E-state index contributed by atoms with van der Waals surface area (Å²) in [6.07, 6.45) is 3.33. The van der Waals surface area contributed by atoms with Gasteiger partial charge in [0.2, 0.25) is 0 Å². The third-order valence-corrected chi connectivity index (χ3v) is 4.56. The van der Waals surface area contributed by atoms with Gasteiger partial charge in [-0.1, -0.05) is 56.2 Å². The van der Waals surface area contributed by atoms with Crippen LogP contribution < -0.4 is 9.05 Å². The minimum Gasteiger partial charge on any atom is -0.417 e. The van der Waals surface area contributed by atoms with Crippen molar-refractivity contribution in [1.82, 2.24) is 0 Å². The van der Waals surface area contributed by atoms with Crippen LogP contribution in [0.4, 0.5) is 0 Å². The molecule has 124 valence electrons. The summed E-state index contributed by atoms with van der Waals surface area (Å²) in [5, 5.41) is 0. The van der Waals surface area contributed by atoms with Crippen LogP contribution in [-0.4, -0.2) is 6.61 Å². The highest BCUT2D eigenvalue weighted by Gasteiger charge is 2.18. The Morgan fingerprint density at radius 1 is 0.783 bits per heavy atom. The molecule has 4 heteroatoms. The number of unbranched alkanes of at least 4 members (excludes halogenated alkanes) is 2. The predicted molar refractivity (Wildman–Crippen MR) is 96.0 cm³/mol. The van der Waals surface area contributed by atoms with Gasteiger partial charge in [0, 0.05) is 0 Å². The van der Waals surface area contributed by atoms with Crippen molar-refractivity contribution in [3.05, 3.63) is 59.7 Å². The van der Waals surface area contributed by atoms with Crippen LogP contribution in [0.1, 0.15) is 37.3 Å². The van der Waals surface area contributed by atoms with Gasteiger partial charge in [-0.05, 0) is 43.5 Å². The molecule has 0 aliphatic rings. The van der Waals surface area contributed by atoms with E-state index in [1.165, 1.54) is 6.42 Å². The molecule has 0 spiro atoms. The molecule has 0 radical (unpaired) electrons. The van der Waals surface area contributed by atoms with E-state index in [4.69, 9.17) is 13.6 Å². The number of benzene rings is 2. The van der Waals surface area contributed by atoms with E-state index < -0.39 is 8.60 Å². The monoisotopic (exact) mass is 332 g/mol. The lowest BCUT2D eigenvalue weighted by molar-refractivity contribution is 0.258. The maximum atomic E-state index is 6.00. The summed E-state index contributed by atoms with van der Waals surface area (Å²) >= 11 is 0. The first-order chi connectivity index (χ1) is 11.2. The molecule has 0 aromatic heterocycles. The summed E-state index contributed by atoms with van der Waals surface area (Å²) in [5.41, 5.74) is 2.15. The highest BCUT2D eigenvalue weighted by atomic mass is 31.2. The molecule has 0 fully saturated rings. The maximum absolute atomic E-state index is 6.00. The summed E-state index contributed by atoms with van der Waals surface area (Å²) < 4.78 is 17.9. The Kier molecular flexibility index (Phi) is 7.38. The molecule has 0 heterocycles. The topological polar surface area (TPSA) is 27.7 Å². The van der Waals surface area contributed by atoms with Gasteiger partial charge in [0.25, 0.3) is 0 Å². The van der Waals surface area contributed by atoms with Crippen LogP contribution in [-0.2, 0) is 4.52 Å². The molecular formula is C19H25O3P. The molecule has 0 aliphatic carbocycles. The van der Waals surface area contributed by atoms with E-state index in [1.54, 1.807) is 0 Å². The Labute approximate surface area is 140 Å². The van der Waals surface area contributed by atoms with Crippen LogP contribution in [0, 0.1) is 13.8 Å². The van der Waals surface area contributed by atoms with Gasteiger partial charge < -0.3 is 9.05 Å². The van der Waals surface area contributed by atoms with Gasteiger partial charge in [-0.2, -0.15) is 0 Å². The molecule has 0 N–H and O–H groups in total. The molecular weight excluding hydrogens is 307 g/mol. The fourth-order valence-electron chi connectivity index (χ4n) is 2.04. The second kappa shape index (κ2) is 9.54. The van der Waals surface area contributed by atoms with Crippen LogP contribution in [0.15, 0.2) is 48.5 Å². The van der Waals surface area contributed by atoms with E-state index in [1.807, 2.05) is 62.4 Å². The summed E-state index contributed by atoms with van der Waals surface area (Å²) in [6, 6.07) is 15.8. The van der Waals surface area contributed by atoms with Crippen molar-refractivity contribution in [2.75, 3.05) is 6.61 Å². The van der Waals surface area contributed by atoms with Gasteiger partial charge in [-0.15, -0.1) is 0 Å². The average molecular weight is 332 g/mol. The third-order valence-electron chi connectivity index (χ3n) is 3.48. The zero-order chi connectivity index (χ0) is 16.5. The fourth-order valence-corrected chi connectivity index (χ4v) is 3.19. The van der Waals surface area contributed by atoms with Gasteiger partial charge in [0.05, 0.1) is 6.61 Å². The summed E-state index contributed by atoms with van der Waals surface area (Å²) in [4.78, 5) is 0. The lowest BCUT2D eigenvalue weighted by Crippen LogP contribution is -2.03. The average Bonchev–Trinajstić information content (AvgIpc) is 2.55. The lowest BCUT2D eigenvalue weighted by Gasteiger charge is -2.19. The van der Waals surface area contributed by atoms with Gasteiger partial charge in [0.15, 0.2) is 0 Å². The third kappa shape index (κ3) is 5.85. The van der Waals surface area contributed by atoms with Crippen molar-refractivity contribution in [2.24, 2.45) is 0 Å². The van der Waals surface area contributed by atoms with Crippen LogP contribution in [0.2, 0.25) is 0 Å². The van der Waals surface area contributed by atoms with Crippen molar-refractivity contribution in [3.63, 3.8) is 0 Å². The van der Waals surface area contributed by atoms with Crippen LogP contribution in [0.25, 0.3) is 0 Å². The first kappa shape index (κ1) is 17.8. The first-order valence-corrected chi connectivity index (χ1v) is 9.20. The van der Waals surface area contributed by atoms with Crippen LogP contribution >= 0.6 is 8.60 Å². The number of hydrogen-bond donors (Lipinski definition) is 0. The van der Waals surface area contributed by atoms with E-state index in [-0.39, 0.29) is 0 Å². The van der Waals surface area contributed by atoms with E-state index in [9.17, 15) is 0 Å². The molecule has 2 rings (SSSR count). The van der Waals surface area contributed by atoms with Crippen LogP contribution in [0.3, 0.4) is 0 Å². The zero-order valence-electron chi connectivity index (χ0n) is 14.1. The predicted octanol–water partition coefficient (Wildman–Crippen LogP) is 6.19. The molecule has 0 bridgehead atoms. The zero-order valence-corrected chi connectivity index (χ0v) is 15.0. The summed E-state index contributed by atoms with van der Waals surface area (Å²) in [6.45, 7) is 6.87. The van der Waals surface area contributed by atoms with E-state index in [0.29, 0.717) is 6.61 Å². The van der Waals surface area contributed by atoms with E-state index >= 15 is 0 Å². The molecule has 0 saturated heterocycles. The van der Waals surface area contributed by atoms with Gasteiger partial charge in [-0.3, -0.25) is 4.52 Å². The second-order valence-electron chi connectivity index (χ2n) is 5.48. The molecule has 2 aromatic carbocycles. The van der Waals surface area contributed by atoms with Gasteiger partial charge in [-0.25, -0.2) is 0 Å². The number of rotatable bonds is 9. The second-order valence-corrected chi connectivity index (χ2v) is 6.55. The fraction of sp³-hybridized carbons (Fsp3) is 0.368. The van der Waals surface area contributed by atoms with Crippen LogP contribution in [0.5, 0.6) is 11.5 Å². The normalized spacial score (nSPS) is 10.8. The van der Waals surface area contributed by atoms with E-state index in [2.05, 4.69) is 6.92 Å². The Morgan fingerprint density at radius 2 is 1.30 bits per heavy atom. The Balaban J connectivity index is 2.05. The maximum Gasteiger partial charge on any atom is 0.463 e. The quantitative estimate of drug-likeness (QED) is 0.404. The SMILES string of the molecule is CCCCCOP(Oc1ccccc1C)Oc1ccccc1C. The van der Waals surface area contributed by atoms with Crippen molar-refractivity contribution in [1.29, 1.82) is 0 Å². The van der Waals surface area contributed by atoms with Crippen molar-refractivity contribution >= 4 is 8.60 Å². The molecule has 0 amide bonds.